The minimum Gasteiger partial charge on any atom is -0.462 e. The largest absolute Gasteiger partial charge is 0.462 e. The lowest BCUT2D eigenvalue weighted by molar-refractivity contribution is -0.112. The van der Waals surface area contributed by atoms with Crippen LogP contribution in [0.3, 0.4) is 0 Å². The fourth-order valence-electron chi connectivity index (χ4n) is 3.29. The molecule has 1 aliphatic rings. The van der Waals surface area contributed by atoms with Crippen molar-refractivity contribution in [2.45, 2.75) is 33.1 Å². The van der Waals surface area contributed by atoms with Gasteiger partial charge in [-0.25, -0.2) is 4.79 Å². The average molecular weight is 394 g/mol. The molecule has 0 unspecified atom stereocenters. The van der Waals surface area contributed by atoms with Crippen molar-refractivity contribution in [3.8, 4) is 6.07 Å². The Bertz CT molecular complexity index is 954. The van der Waals surface area contributed by atoms with Crippen LogP contribution >= 0.6 is 11.3 Å². The number of fused-ring (bicyclic) bond motifs is 1. The van der Waals surface area contributed by atoms with Gasteiger partial charge in [-0.2, -0.15) is 5.26 Å². The molecule has 6 heteroatoms. The molecular weight excluding hydrogens is 372 g/mol. The summed E-state index contributed by atoms with van der Waals surface area (Å²) in [6.07, 6.45) is 4.21. The summed E-state index contributed by atoms with van der Waals surface area (Å²) in [7, 11) is 0. The monoisotopic (exact) mass is 394 g/mol. The van der Waals surface area contributed by atoms with Crippen molar-refractivity contribution in [3.05, 3.63) is 57.5 Å². The zero-order chi connectivity index (χ0) is 20.1. The Labute approximate surface area is 168 Å². The van der Waals surface area contributed by atoms with Crippen molar-refractivity contribution in [1.82, 2.24) is 0 Å². The number of hydrogen-bond acceptors (Lipinski definition) is 5. The smallest absolute Gasteiger partial charge is 0.341 e. The SMILES string of the molecule is CCOC(=O)c1c(NC(=O)/C(C#N)=C/c2ccccc2)sc2c1CC[C@@H](C)C2. The van der Waals surface area contributed by atoms with Gasteiger partial charge >= 0.3 is 5.97 Å². The number of thiophene rings is 1. The fraction of sp³-hybridized carbons (Fsp3) is 0.318. The quantitative estimate of drug-likeness (QED) is 0.457. The molecule has 0 bridgehead atoms. The molecule has 0 saturated carbocycles. The maximum atomic E-state index is 12.7. The van der Waals surface area contributed by atoms with Gasteiger partial charge in [0.05, 0.1) is 12.2 Å². The van der Waals surface area contributed by atoms with Crippen LogP contribution in [0.15, 0.2) is 35.9 Å². The highest BCUT2D eigenvalue weighted by atomic mass is 32.1. The number of esters is 1. The van der Waals surface area contributed by atoms with Crippen LogP contribution in [0.1, 0.15) is 46.6 Å². The number of carbonyl (C=O) groups excluding carboxylic acids is 2. The standard InChI is InChI=1S/C22H22N2O3S/c1-3-27-22(26)19-17-10-9-14(2)11-18(17)28-21(19)24-20(25)16(13-23)12-15-7-5-4-6-8-15/h4-8,12,14H,3,9-11H2,1-2H3,(H,24,25)/b16-12+/t14-/m1/s1. The number of nitrogens with zero attached hydrogens (tertiary/aromatic N) is 1. The zero-order valence-electron chi connectivity index (χ0n) is 16.0. The molecule has 144 valence electrons. The predicted octanol–water partition coefficient (Wildman–Crippen LogP) is 4.60. The van der Waals surface area contributed by atoms with Gasteiger partial charge in [-0.3, -0.25) is 4.79 Å². The maximum absolute atomic E-state index is 12.7. The Hall–Kier alpha value is -2.91. The van der Waals surface area contributed by atoms with Crippen LogP contribution < -0.4 is 5.32 Å². The van der Waals surface area contributed by atoms with E-state index in [1.165, 1.54) is 17.4 Å². The van der Waals surface area contributed by atoms with E-state index in [2.05, 4.69) is 12.2 Å². The first-order chi connectivity index (χ1) is 13.5. The van der Waals surface area contributed by atoms with E-state index in [-0.39, 0.29) is 12.2 Å². The maximum Gasteiger partial charge on any atom is 0.341 e. The molecule has 2 aromatic rings. The first-order valence-corrected chi connectivity index (χ1v) is 10.1. The van der Waals surface area contributed by atoms with Crippen LogP contribution in [0.25, 0.3) is 6.08 Å². The number of carbonyl (C=O) groups is 2. The second-order valence-corrected chi connectivity index (χ2v) is 7.92. The topological polar surface area (TPSA) is 79.2 Å². The molecule has 0 spiro atoms. The minimum atomic E-state index is -0.524. The molecule has 1 atom stereocenters. The van der Waals surface area contributed by atoms with Gasteiger partial charge in [-0.15, -0.1) is 11.3 Å². The molecule has 0 radical (unpaired) electrons. The van der Waals surface area contributed by atoms with Crippen LogP contribution in [0.4, 0.5) is 5.00 Å². The highest BCUT2D eigenvalue weighted by molar-refractivity contribution is 7.17. The van der Waals surface area contributed by atoms with E-state index in [1.807, 2.05) is 36.4 Å². The minimum absolute atomic E-state index is 0.0132. The van der Waals surface area contributed by atoms with Crippen molar-refractivity contribution in [1.29, 1.82) is 5.26 Å². The Balaban J connectivity index is 1.92. The highest BCUT2D eigenvalue weighted by Crippen LogP contribution is 2.40. The van der Waals surface area contributed by atoms with E-state index < -0.39 is 11.9 Å². The summed E-state index contributed by atoms with van der Waals surface area (Å²) < 4.78 is 5.22. The molecule has 0 fully saturated rings. The van der Waals surface area contributed by atoms with Gasteiger partial charge in [-0.05, 0) is 49.3 Å². The van der Waals surface area contributed by atoms with Crippen molar-refractivity contribution in [2.24, 2.45) is 5.92 Å². The van der Waals surface area contributed by atoms with E-state index in [1.54, 1.807) is 6.92 Å². The van der Waals surface area contributed by atoms with Gasteiger partial charge in [0, 0.05) is 4.88 Å². The lowest BCUT2D eigenvalue weighted by Gasteiger charge is -2.18. The molecule has 5 nitrogen and oxygen atoms in total. The predicted molar refractivity (Wildman–Crippen MR) is 110 cm³/mol. The van der Waals surface area contributed by atoms with Crippen LogP contribution in [-0.2, 0) is 22.4 Å². The molecule has 1 aliphatic carbocycles. The Morgan fingerprint density at radius 1 is 1.36 bits per heavy atom. The van der Waals surface area contributed by atoms with E-state index in [9.17, 15) is 14.9 Å². The third kappa shape index (κ3) is 4.32. The summed E-state index contributed by atoms with van der Waals surface area (Å²) >= 11 is 1.41. The zero-order valence-corrected chi connectivity index (χ0v) is 16.8. The molecule has 1 amide bonds. The van der Waals surface area contributed by atoms with Crippen LogP contribution in [0, 0.1) is 17.2 Å². The van der Waals surface area contributed by atoms with Gasteiger partial charge in [0.15, 0.2) is 0 Å². The lowest BCUT2D eigenvalue weighted by atomic mass is 9.88. The second kappa shape index (κ2) is 8.85. The number of ether oxygens (including phenoxy) is 1. The normalized spacial score (nSPS) is 16.0. The van der Waals surface area contributed by atoms with Gasteiger partial charge < -0.3 is 10.1 Å². The van der Waals surface area contributed by atoms with Gasteiger partial charge in [0.2, 0.25) is 0 Å². The number of anilines is 1. The summed E-state index contributed by atoms with van der Waals surface area (Å²) in [5, 5.41) is 12.7. The molecule has 0 aliphatic heterocycles. The van der Waals surface area contributed by atoms with E-state index >= 15 is 0 Å². The molecular formula is C22H22N2O3S. The van der Waals surface area contributed by atoms with Crippen LogP contribution in [0.2, 0.25) is 0 Å². The molecule has 1 aromatic heterocycles. The van der Waals surface area contributed by atoms with E-state index in [4.69, 9.17) is 4.74 Å². The van der Waals surface area contributed by atoms with Crippen LogP contribution in [0.5, 0.6) is 0 Å². The lowest BCUT2D eigenvalue weighted by Crippen LogP contribution is -2.17. The summed E-state index contributed by atoms with van der Waals surface area (Å²) in [6, 6.07) is 11.1. The molecule has 28 heavy (non-hydrogen) atoms. The number of benzene rings is 1. The van der Waals surface area contributed by atoms with Crippen molar-refractivity contribution in [2.75, 3.05) is 11.9 Å². The summed E-state index contributed by atoms with van der Waals surface area (Å²) in [6.45, 7) is 4.21. The third-order valence-corrected chi connectivity index (χ3v) is 5.86. The van der Waals surface area contributed by atoms with Crippen molar-refractivity contribution < 1.29 is 14.3 Å². The van der Waals surface area contributed by atoms with E-state index in [0.717, 1.165) is 35.3 Å². The van der Waals surface area contributed by atoms with Gasteiger partial charge in [0.1, 0.15) is 16.6 Å². The first kappa shape index (κ1) is 19.8. The number of amides is 1. The third-order valence-electron chi connectivity index (χ3n) is 4.69. The Kier molecular flexibility index (Phi) is 6.27. The molecule has 1 aromatic carbocycles. The molecule has 3 rings (SSSR count). The van der Waals surface area contributed by atoms with Gasteiger partial charge in [-0.1, -0.05) is 37.3 Å². The number of nitriles is 1. The summed E-state index contributed by atoms with van der Waals surface area (Å²) in [5.41, 5.74) is 2.17. The van der Waals surface area contributed by atoms with Crippen LogP contribution in [-0.4, -0.2) is 18.5 Å². The molecule has 1 heterocycles. The van der Waals surface area contributed by atoms with Gasteiger partial charge in [0.25, 0.3) is 5.91 Å². The van der Waals surface area contributed by atoms with E-state index in [0.29, 0.717) is 16.5 Å². The fourth-order valence-corrected chi connectivity index (χ4v) is 4.69. The number of rotatable bonds is 5. The van der Waals surface area contributed by atoms with Crippen molar-refractivity contribution >= 4 is 34.3 Å². The summed E-state index contributed by atoms with van der Waals surface area (Å²) in [4.78, 5) is 26.4. The highest BCUT2D eigenvalue weighted by Gasteiger charge is 2.29. The van der Waals surface area contributed by atoms with Crippen molar-refractivity contribution in [3.63, 3.8) is 0 Å². The molecule has 0 saturated heterocycles. The Morgan fingerprint density at radius 3 is 2.79 bits per heavy atom. The Morgan fingerprint density at radius 2 is 2.11 bits per heavy atom. The second-order valence-electron chi connectivity index (χ2n) is 6.81. The summed E-state index contributed by atoms with van der Waals surface area (Å²) in [5.74, 6) is -0.406. The average Bonchev–Trinajstić information content (AvgIpc) is 3.03. The number of hydrogen-bond donors (Lipinski definition) is 1. The molecule has 1 N–H and O–H groups in total. The number of nitrogens with one attached hydrogen (secondary N) is 1. The first-order valence-electron chi connectivity index (χ1n) is 9.33.